The number of hydrogen-bond acceptors (Lipinski definition) is 4. The first-order valence-corrected chi connectivity index (χ1v) is 8.16. The molecular weight excluding hydrogens is 291 g/mol. The molecule has 0 rings (SSSR count). The van der Waals surface area contributed by atoms with Gasteiger partial charge < -0.3 is 10.6 Å². The quantitative estimate of drug-likeness (QED) is 0.380. The molecule has 0 aromatic carbocycles. The van der Waals surface area contributed by atoms with E-state index in [9.17, 15) is 9.59 Å². The Morgan fingerprint density at radius 3 is 1.56 bits per heavy atom. The second-order valence-corrected chi connectivity index (χ2v) is 5.85. The van der Waals surface area contributed by atoms with Gasteiger partial charge in [-0.05, 0) is 0 Å². The first kappa shape index (κ1) is 16.2. The average Bonchev–Trinajstić information content (AvgIpc) is 2.31. The topological polar surface area (TPSA) is 58.2 Å². The van der Waals surface area contributed by atoms with Crippen molar-refractivity contribution in [2.75, 3.05) is 36.4 Å². The second-order valence-electron chi connectivity index (χ2n) is 2.61. The van der Waals surface area contributed by atoms with Crippen molar-refractivity contribution in [1.29, 1.82) is 0 Å². The van der Waals surface area contributed by atoms with Crippen molar-refractivity contribution in [3.05, 3.63) is 0 Å². The maximum atomic E-state index is 10.7. The molecule has 0 saturated carbocycles. The van der Waals surface area contributed by atoms with Gasteiger partial charge in [-0.3, -0.25) is 9.59 Å². The van der Waals surface area contributed by atoms with Crippen molar-refractivity contribution in [2.24, 2.45) is 0 Å². The summed E-state index contributed by atoms with van der Waals surface area (Å²) in [4.78, 5) is 21.5. The molecule has 0 radical (unpaired) electrons. The van der Waals surface area contributed by atoms with E-state index in [-0.39, 0.29) is 23.6 Å². The third-order valence-corrected chi connectivity index (χ3v) is 4.23. The van der Waals surface area contributed by atoms with Crippen molar-refractivity contribution in [1.82, 2.24) is 10.6 Å². The summed E-state index contributed by atoms with van der Waals surface area (Å²) in [5.41, 5.74) is 0. The molecule has 0 fully saturated rings. The summed E-state index contributed by atoms with van der Waals surface area (Å²) in [6.07, 6.45) is 0. The van der Waals surface area contributed by atoms with Crippen LogP contribution in [0.25, 0.3) is 0 Å². The van der Waals surface area contributed by atoms with Gasteiger partial charge >= 0.3 is 0 Å². The van der Waals surface area contributed by atoms with Gasteiger partial charge in [0.05, 0.1) is 0 Å². The van der Waals surface area contributed by atoms with E-state index in [2.05, 4.69) is 10.6 Å². The molecule has 0 aliphatic carbocycles. The number of nitrogens with one attached hydrogen (secondary N) is 2. The molecule has 0 saturated heterocycles. The highest BCUT2D eigenvalue weighted by Gasteiger charge is 1.98. The van der Waals surface area contributed by atoms with Crippen LogP contribution in [-0.2, 0) is 9.59 Å². The minimum Gasteiger partial charge on any atom is -0.354 e. The SMILES string of the molecule is O=C(CCl)NCCSSCCNC(=O)CCl. The van der Waals surface area contributed by atoms with Gasteiger partial charge in [0.25, 0.3) is 0 Å². The molecule has 2 N–H and O–H groups in total. The third kappa shape index (κ3) is 10.7. The molecular formula is C8H14Cl2N2O2S2. The van der Waals surface area contributed by atoms with Crippen molar-refractivity contribution in [3.8, 4) is 0 Å². The Morgan fingerprint density at radius 1 is 0.875 bits per heavy atom. The van der Waals surface area contributed by atoms with Crippen LogP contribution in [-0.4, -0.2) is 48.2 Å². The first-order chi connectivity index (χ1) is 7.70. The average molecular weight is 305 g/mol. The lowest BCUT2D eigenvalue weighted by atomic mass is 10.6. The normalized spacial score (nSPS) is 9.88. The largest absolute Gasteiger partial charge is 0.354 e. The summed E-state index contributed by atoms with van der Waals surface area (Å²) in [5, 5.41) is 5.32. The lowest BCUT2D eigenvalue weighted by Crippen LogP contribution is -2.27. The van der Waals surface area contributed by atoms with Crippen molar-refractivity contribution >= 4 is 56.6 Å². The number of carbonyl (C=O) groups is 2. The van der Waals surface area contributed by atoms with Gasteiger partial charge in [0.1, 0.15) is 11.8 Å². The fourth-order valence-electron chi connectivity index (χ4n) is 0.677. The zero-order chi connectivity index (χ0) is 12.2. The number of amides is 2. The Hall–Kier alpha value is 0.220. The number of halogens is 2. The van der Waals surface area contributed by atoms with Crippen molar-refractivity contribution < 1.29 is 9.59 Å². The van der Waals surface area contributed by atoms with E-state index in [0.717, 1.165) is 11.5 Å². The van der Waals surface area contributed by atoms with Crippen LogP contribution < -0.4 is 10.6 Å². The van der Waals surface area contributed by atoms with Gasteiger partial charge in [-0.2, -0.15) is 0 Å². The molecule has 0 atom stereocenters. The van der Waals surface area contributed by atoms with E-state index < -0.39 is 0 Å². The van der Waals surface area contributed by atoms with E-state index >= 15 is 0 Å². The summed E-state index contributed by atoms with van der Waals surface area (Å²) >= 11 is 10.6. The van der Waals surface area contributed by atoms with Crippen molar-refractivity contribution in [3.63, 3.8) is 0 Å². The Labute approximate surface area is 113 Å². The Kier molecular flexibility index (Phi) is 11.9. The molecule has 0 spiro atoms. The van der Waals surface area contributed by atoms with Crippen LogP contribution in [0.5, 0.6) is 0 Å². The van der Waals surface area contributed by atoms with E-state index in [0.29, 0.717) is 13.1 Å². The smallest absolute Gasteiger partial charge is 0.234 e. The standard InChI is InChI=1S/C8H14Cl2N2O2S2/c9-5-7(13)11-1-3-15-16-4-2-12-8(14)6-10/h1-6H2,(H,11,13)(H,12,14). The maximum absolute atomic E-state index is 10.7. The zero-order valence-electron chi connectivity index (χ0n) is 8.63. The highest BCUT2D eigenvalue weighted by molar-refractivity contribution is 8.76. The summed E-state index contributed by atoms with van der Waals surface area (Å²) < 4.78 is 0. The fraction of sp³-hybridized carbons (Fsp3) is 0.750. The molecule has 8 heteroatoms. The van der Waals surface area contributed by atoms with Crippen LogP contribution in [0.3, 0.4) is 0 Å². The van der Waals surface area contributed by atoms with Crippen LogP contribution in [0.1, 0.15) is 0 Å². The predicted molar refractivity (Wildman–Crippen MR) is 72.4 cm³/mol. The monoisotopic (exact) mass is 304 g/mol. The number of alkyl halides is 2. The molecule has 0 bridgehead atoms. The number of hydrogen-bond donors (Lipinski definition) is 2. The van der Waals surface area contributed by atoms with E-state index in [1.54, 1.807) is 21.6 Å². The Bertz CT molecular complexity index is 198. The Morgan fingerprint density at radius 2 is 1.25 bits per heavy atom. The molecule has 0 aliphatic heterocycles. The van der Waals surface area contributed by atoms with E-state index in [1.807, 2.05) is 0 Å². The van der Waals surface area contributed by atoms with Gasteiger partial charge in [0.2, 0.25) is 11.8 Å². The highest BCUT2D eigenvalue weighted by Crippen LogP contribution is 2.19. The molecule has 0 heterocycles. The van der Waals surface area contributed by atoms with Gasteiger partial charge in [-0.15, -0.1) is 23.2 Å². The van der Waals surface area contributed by atoms with Crippen LogP contribution in [0.2, 0.25) is 0 Å². The molecule has 2 amide bonds. The minimum atomic E-state index is -0.151. The molecule has 4 nitrogen and oxygen atoms in total. The summed E-state index contributed by atoms with van der Waals surface area (Å²) in [6, 6.07) is 0. The van der Waals surface area contributed by atoms with E-state index in [1.165, 1.54) is 0 Å². The number of rotatable bonds is 9. The molecule has 0 aromatic rings. The highest BCUT2D eigenvalue weighted by atomic mass is 35.5. The summed E-state index contributed by atoms with van der Waals surface area (Å²) in [7, 11) is 3.28. The molecule has 16 heavy (non-hydrogen) atoms. The first-order valence-electron chi connectivity index (χ1n) is 4.60. The lowest BCUT2D eigenvalue weighted by molar-refractivity contribution is -0.119. The molecule has 0 aromatic heterocycles. The van der Waals surface area contributed by atoms with Gasteiger partial charge in [-0.1, -0.05) is 21.6 Å². The third-order valence-electron chi connectivity index (χ3n) is 1.34. The summed E-state index contributed by atoms with van der Waals surface area (Å²) in [5.74, 6) is 1.33. The predicted octanol–water partition coefficient (Wildman–Crippen LogP) is 1.08. The van der Waals surface area contributed by atoms with Gasteiger partial charge in [0.15, 0.2) is 0 Å². The minimum absolute atomic E-state index is 0.00225. The van der Waals surface area contributed by atoms with Crippen LogP contribution in [0.4, 0.5) is 0 Å². The molecule has 94 valence electrons. The van der Waals surface area contributed by atoms with Gasteiger partial charge in [0, 0.05) is 24.6 Å². The van der Waals surface area contributed by atoms with Crippen molar-refractivity contribution in [2.45, 2.75) is 0 Å². The van der Waals surface area contributed by atoms with Crippen LogP contribution >= 0.6 is 44.8 Å². The maximum Gasteiger partial charge on any atom is 0.234 e. The second kappa shape index (κ2) is 11.7. The van der Waals surface area contributed by atoms with E-state index in [4.69, 9.17) is 23.2 Å². The summed E-state index contributed by atoms with van der Waals surface area (Å²) in [6.45, 7) is 1.22. The Balaban J connectivity index is 3.10. The molecule has 0 unspecified atom stereocenters. The number of carbonyl (C=O) groups excluding carboxylic acids is 2. The zero-order valence-corrected chi connectivity index (χ0v) is 11.8. The van der Waals surface area contributed by atoms with Crippen LogP contribution in [0, 0.1) is 0 Å². The fourth-order valence-corrected chi connectivity index (χ4v) is 2.68. The van der Waals surface area contributed by atoms with Crippen LogP contribution in [0.15, 0.2) is 0 Å². The molecule has 0 aliphatic rings. The lowest BCUT2D eigenvalue weighted by Gasteiger charge is -2.03. The van der Waals surface area contributed by atoms with Gasteiger partial charge in [-0.25, -0.2) is 0 Å².